The lowest BCUT2D eigenvalue weighted by Crippen LogP contribution is -2.40. The van der Waals surface area contributed by atoms with Crippen molar-refractivity contribution in [3.8, 4) is 0 Å². The van der Waals surface area contributed by atoms with Gasteiger partial charge in [-0.1, -0.05) is 39.0 Å². The van der Waals surface area contributed by atoms with Gasteiger partial charge < -0.3 is 10.2 Å². The van der Waals surface area contributed by atoms with Gasteiger partial charge in [-0.2, -0.15) is 0 Å². The van der Waals surface area contributed by atoms with Crippen LogP contribution in [-0.4, -0.2) is 49.9 Å². The molecule has 34 heavy (non-hydrogen) atoms. The van der Waals surface area contributed by atoms with Crippen LogP contribution >= 0.6 is 23.7 Å². The van der Waals surface area contributed by atoms with Crippen molar-refractivity contribution in [3.05, 3.63) is 47.4 Å². The van der Waals surface area contributed by atoms with Gasteiger partial charge in [-0.25, -0.2) is 13.2 Å². The number of carbonyl (C=O) groups excluding carboxylic acids is 1. The quantitative estimate of drug-likeness (QED) is 0.155. The van der Waals surface area contributed by atoms with Gasteiger partial charge in [0.1, 0.15) is 17.3 Å². The Hall–Kier alpha value is -1.58. The van der Waals surface area contributed by atoms with Crippen molar-refractivity contribution in [1.82, 2.24) is 9.62 Å². The van der Waals surface area contributed by atoms with Gasteiger partial charge >= 0.3 is 0 Å². The summed E-state index contributed by atoms with van der Waals surface area (Å²) in [6, 6.07) is 2.25. The Morgan fingerprint density at radius 1 is 1.21 bits per heavy atom. The monoisotopic (exact) mass is 519 g/mol. The molecule has 1 atom stereocenters. The molecule has 0 heterocycles. The van der Waals surface area contributed by atoms with Gasteiger partial charge in [0, 0.05) is 16.3 Å². The number of allylic oxidation sites excluding steroid dienone is 2. The van der Waals surface area contributed by atoms with Crippen molar-refractivity contribution >= 4 is 35.3 Å². The van der Waals surface area contributed by atoms with E-state index in [2.05, 4.69) is 16.6 Å². The first-order valence-electron chi connectivity index (χ1n) is 11.4. The topological polar surface area (TPSA) is 44.4 Å². The molecule has 1 rings (SSSR count). The summed E-state index contributed by atoms with van der Waals surface area (Å²) in [5.74, 6) is -2.26. The molecule has 194 valence electrons. The average molecular weight is 520 g/mol. The van der Waals surface area contributed by atoms with Crippen LogP contribution in [-0.2, 0) is 4.79 Å². The molecule has 0 spiro atoms. The number of nitrogens with zero attached hydrogens (tertiary/aromatic N) is 1. The zero-order valence-electron chi connectivity index (χ0n) is 21.3. The molecule has 1 aromatic carbocycles. The van der Waals surface area contributed by atoms with Crippen LogP contribution in [0.25, 0.3) is 0 Å². The third-order valence-electron chi connectivity index (χ3n) is 4.95. The Morgan fingerprint density at radius 3 is 2.24 bits per heavy atom. The summed E-state index contributed by atoms with van der Waals surface area (Å²) >= 11 is 2.43. The Balaban J connectivity index is 0.00000135. The number of carbonyl (C=O) groups is 1. The fourth-order valence-corrected chi connectivity index (χ4v) is 4.03. The number of hydrogen-bond donors (Lipinski definition) is 2. The number of rotatable bonds is 14. The maximum atomic E-state index is 14.5. The second-order valence-corrected chi connectivity index (χ2v) is 9.66. The molecule has 2 N–H and O–H groups in total. The Bertz CT molecular complexity index is 768. The summed E-state index contributed by atoms with van der Waals surface area (Å²) in [5.41, 5.74) is -2.15. The molecule has 4 nitrogen and oxygen atoms in total. The van der Waals surface area contributed by atoms with Gasteiger partial charge in [0.05, 0.1) is 0 Å². The van der Waals surface area contributed by atoms with Crippen molar-refractivity contribution in [3.63, 3.8) is 0 Å². The van der Waals surface area contributed by atoms with E-state index < -0.39 is 23.2 Å². The van der Waals surface area contributed by atoms with E-state index in [1.165, 1.54) is 4.91 Å². The highest BCUT2D eigenvalue weighted by molar-refractivity contribution is 8.02. The van der Waals surface area contributed by atoms with E-state index >= 15 is 0 Å². The summed E-state index contributed by atoms with van der Waals surface area (Å²) in [6.45, 7) is 10.4. The van der Waals surface area contributed by atoms with Crippen LogP contribution in [0, 0.1) is 11.6 Å². The number of alkyl halides is 1. The Kier molecular flexibility index (Phi) is 17.0. The first-order valence-corrected chi connectivity index (χ1v) is 13.5. The zero-order valence-corrected chi connectivity index (χ0v) is 22.9. The smallest absolute Gasteiger partial charge is 0.267 e. The number of nitrogens with one attached hydrogen (secondary N) is 2. The molecule has 0 aliphatic rings. The van der Waals surface area contributed by atoms with Crippen LogP contribution in [0.15, 0.2) is 40.7 Å². The third kappa shape index (κ3) is 12.2. The van der Waals surface area contributed by atoms with Gasteiger partial charge in [-0.3, -0.25) is 9.52 Å². The van der Waals surface area contributed by atoms with E-state index in [0.717, 1.165) is 31.5 Å². The number of amides is 1. The maximum absolute atomic E-state index is 14.5. The van der Waals surface area contributed by atoms with Crippen LogP contribution in [0.1, 0.15) is 52.9 Å². The van der Waals surface area contributed by atoms with Crippen LogP contribution in [0.2, 0.25) is 0 Å². The SMILES string of the molecule is C=C/C(=C\C)SC.CCCC(F)(CC)C(=O)NSc1cc(F)c(NCCCCN(C)C)c(F)c1. The van der Waals surface area contributed by atoms with Crippen LogP contribution < -0.4 is 10.0 Å². The minimum atomic E-state index is -1.97. The first kappa shape index (κ1) is 32.4. The van der Waals surface area contributed by atoms with Crippen LogP contribution in [0.3, 0.4) is 0 Å². The Morgan fingerprint density at radius 2 is 1.82 bits per heavy atom. The molecule has 1 amide bonds. The summed E-state index contributed by atoms with van der Waals surface area (Å²) in [7, 11) is 3.94. The summed E-state index contributed by atoms with van der Waals surface area (Å²) in [5, 5.41) is 2.77. The Labute approximate surface area is 212 Å². The lowest BCUT2D eigenvalue weighted by Gasteiger charge is -2.21. The first-order chi connectivity index (χ1) is 16.1. The van der Waals surface area contributed by atoms with Crippen molar-refractivity contribution in [1.29, 1.82) is 0 Å². The molecular formula is C25H40F3N3OS2. The number of benzene rings is 1. The molecule has 1 unspecified atom stereocenters. The second-order valence-electron chi connectivity index (χ2n) is 7.90. The number of halogens is 3. The van der Waals surface area contributed by atoms with Gasteiger partial charge in [0.2, 0.25) is 0 Å². The number of unbranched alkanes of at least 4 members (excludes halogenated alkanes) is 1. The highest BCUT2D eigenvalue weighted by atomic mass is 32.2. The number of anilines is 1. The fourth-order valence-electron chi connectivity index (χ4n) is 2.91. The molecule has 0 aliphatic carbocycles. The van der Waals surface area contributed by atoms with Gasteiger partial charge in [0.25, 0.3) is 5.91 Å². The minimum absolute atomic E-state index is 0.0482. The van der Waals surface area contributed by atoms with Crippen molar-refractivity contribution in [2.24, 2.45) is 0 Å². The molecule has 0 saturated heterocycles. The van der Waals surface area contributed by atoms with E-state index in [0.29, 0.717) is 24.9 Å². The van der Waals surface area contributed by atoms with Gasteiger partial charge in [-0.15, -0.1) is 11.8 Å². The highest BCUT2D eigenvalue weighted by Crippen LogP contribution is 2.28. The molecule has 0 bridgehead atoms. The second kappa shape index (κ2) is 17.8. The average Bonchev–Trinajstić information content (AvgIpc) is 2.80. The number of thioether (sulfide) groups is 1. The zero-order chi connectivity index (χ0) is 26.1. The largest absolute Gasteiger partial charge is 0.380 e. The molecule has 1 aromatic rings. The molecule has 0 radical (unpaired) electrons. The molecule has 0 fully saturated rings. The number of hydrogen-bond acceptors (Lipinski definition) is 5. The van der Waals surface area contributed by atoms with E-state index in [4.69, 9.17) is 0 Å². The lowest BCUT2D eigenvalue weighted by atomic mass is 9.97. The lowest BCUT2D eigenvalue weighted by molar-refractivity contribution is -0.131. The summed E-state index contributed by atoms with van der Waals surface area (Å²) < 4.78 is 45.2. The molecule has 0 aliphatic heterocycles. The van der Waals surface area contributed by atoms with Crippen molar-refractivity contribution in [2.75, 3.05) is 38.8 Å². The molecule has 9 heteroatoms. The molecule has 0 aromatic heterocycles. The fraction of sp³-hybridized carbons (Fsp3) is 0.560. The third-order valence-corrected chi connectivity index (χ3v) is 6.58. The summed E-state index contributed by atoms with van der Waals surface area (Å²) in [4.78, 5) is 15.5. The normalized spacial score (nSPS) is 13.1. The van der Waals surface area contributed by atoms with Gasteiger partial charge in [0.15, 0.2) is 5.67 Å². The van der Waals surface area contributed by atoms with E-state index in [9.17, 15) is 18.0 Å². The summed E-state index contributed by atoms with van der Waals surface area (Å²) in [6.07, 6.45) is 8.32. The highest BCUT2D eigenvalue weighted by Gasteiger charge is 2.35. The predicted molar refractivity (Wildman–Crippen MR) is 143 cm³/mol. The molecule has 0 saturated carbocycles. The minimum Gasteiger partial charge on any atom is -0.380 e. The van der Waals surface area contributed by atoms with E-state index in [1.807, 2.05) is 44.3 Å². The van der Waals surface area contributed by atoms with Crippen molar-refractivity contribution < 1.29 is 18.0 Å². The predicted octanol–water partition coefficient (Wildman–Crippen LogP) is 7.20. The van der Waals surface area contributed by atoms with Gasteiger partial charge in [-0.05, 0) is 83.6 Å². The van der Waals surface area contributed by atoms with Crippen molar-refractivity contribution in [2.45, 2.75) is 63.4 Å². The standard InChI is InChI=1S/C19H30F3N3OS.C6H10S/c1-5-9-19(22,6-2)18(26)24-27-14-12-15(20)17(16(21)13-14)23-10-7-8-11-25(3)4;1-4-6(5-2)7-3/h12-13,23H,5-11H2,1-4H3,(H,24,26);4-5H,1H2,2-3H3/b;6-5+. The van der Waals surface area contributed by atoms with E-state index in [1.54, 1.807) is 25.6 Å². The maximum Gasteiger partial charge on any atom is 0.267 e. The van der Waals surface area contributed by atoms with Crippen LogP contribution in [0.5, 0.6) is 0 Å². The van der Waals surface area contributed by atoms with E-state index in [-0.39, 0.29) is 23.4 Å². The molecular weight excluding hydrogens is 479 g/mol. The van der Waals surface area contributed by atoms with Crippen LogP contribution in [0.4, 0.5) is 18.9 Å².